The van der Waals surface area contributed by atoms with Gasteiger partial charge in [-0.2, -0.15) is 0 Å². The van der Waals surface area contributed by atoms with Crippen LogP contribution in [0.3, 0.4) is 0 Å². The predicted octanol–water partition coefficient (Wildman–Crippen LogP) is 3.67. The maximum absolute atomic E-state index is 10.2. The van der Waals surface area contributed by atoms with E-state index in [9.17, 15) is 5.11 Å². The molecule has 0 bridgehead atoms. The van der Waals surface area contributed by atoms with Crippen LogP contribution >= 0.6 is 0 Å². The molecule has 0 saturated carbocycles. The Balaban J connectivity index is 1.19. The number of aliphatic hydroxyl groups is 1. The lowest BCUT2D eigenvalue weighted by Gasteiger charge is -2.11. The Labute approximate surface area is 185 Å². The third kappa shape index (κ3) is 4.24. The minimum Gasteiger partial charge on any atom is -0.491 e. The summed E-state index contributed by atoms with van der Waals surface area (Å²) >= 11 is 0. The molecule has 1 aliphatic carbocycles. The number of benzene rings is 3. The van der Waals surface area contributed by atoms with Crippen LogP contribution in [0, 0.1) is 0 Å². The van der Waals surface area contributed by atoms with Crippen LogP contribution in [-0.4, -0.2) is 38.5 Å². The van der Waals surface area contributed by atoms with Crippen LogP contribution in [0.25, 0.3) is 11.1 Å². The van der Waals surface area contributed by atoms with Gasteiger partial charge in [0.2, 0.25) is 0 Å². The molecule has 5 rings (SSSR count). The maximum Gasteiger partial charge on any atom is 0.162 e. The molecule has 1 N–H and O–H groups in total. The van der Waals surface area contributed by atoms with E-state index in [2.05, 4.69) is 27.6 Å². The molecular formula is C25H22N4O3. The number of nitrogens with zero attached hydrogens (tertiary/aromatic N) is 4. The van der Waals surface area contributed by atoms with Crippen molar-refractivity contribution in [3.8, 4) is 16.9 Å². The van der Waals surface area contributed by atoms with E-state index in [-0.39, 0.29) is 19.8 Å². The van der Waals surface area contributed by atoms with Crippen LogP contribution in [-0.2, 0) is 18.0 Å². The van der Waals surface area contributed by atoms with Crippen molar-refractivity contribution >= 4 is 5.71 Å². The monoisotopic (exact) mass is 426 g/mol. The maximum atomic E-state index is 10.2. The van der Waals surface area contributed by atoms with Crippen molar-refractivity contribution in [2.75, 3.05) is 6.61 Å². The van der Waals surface area contributed by atoms with Crippen molar-refractivity contribution in [3.63, 3.8) is 0 Å². The summed E-state index contributed by atoms with van der Waals surface area (Å²) in [6, 6.07) is 25.7. The second kappa shape index (κ2) is 9.03. The van der Waals surface area contributed by atoms with Crippen LogP contribution in [0.5, 0.6) is 5.75 Å². The topological polar surface area (TPSA) is 81.8 Å². The quantitative estimate of drug-likeness (QED) is 0.383. The number of hydrogen-bond donors (Lipinski definition) is 1. The van der Waals surface area contributed by atoms with Gasteiger partial charge in [0, 0.05) is 11.1 Å². The van der Waals surface area contributed by atoms with E-state index in [1.165, 1.54) is 0 Å². The van der Waals surface area contributed by atoms with E-state index in [4.69, 9.17) is 9.57 Å². The summed E-state index contributed by atoms with van der Waals surface area (Å²) in [5.41, 5.74) is 5.87. The Morgan fingerprint density at radius 3 is 2.16 bits per heavy atom. The number of ether oxygens (including phenoxy) is 1. The predicted molar refractivity (Wildman–Crippen MR) is 120 cm³/mol. The molecule has 0 aliphatic heterocycles. The molecule has 160 valence electrons. The van der Waals surface area contributed by atoms with Gasteiger partial charge in [0.15, 0.2) is 6.61 Å². The third-order valence-corrected chi connectivity index (χ3v) is 5.19. The zero-order valence-electron chi connectivity index (χ0n) is 17.3. The number of para-hydroxylation sites is 1. The van der Waals surface area contributed by atoms with Crippen molar-refractivity contribution < 1.29 is 14.7 Å². The van der Waals surface area contributed by atoms with Crippen molar-refractivity contribution in [1.29, 1.82) is 0 Å². The molecular weight excluding hydrogens is 404 g/mol. The average Bonchev–Trinajstić information content (AvgIpc) is 3.41. The van der Waals surface area contributed by atoms with Crippen LogP contribution < -0.4 is 4.74 Å². The molecule has 7 heteroatoms. The van der Waals surface area contributed by atoms with Gasteiger partial charge in [-0.3, -0.25) is 0 Å². The van der Waals surface area contributed by atoms with E-state index in [0.29, 0.717) is 11.4 Å². The second-order valence-electron chi connectivity index (χ2n) is 7.51. The molecule has 3 aromatic carbocycles. The normalized spacial score (nSPS) is 12.7. The van der Waals surface area contributed by atoms with Crippen LogP contribution in [0.15, 0.2) is 90.2 Å². The Morgan fingerprint density at radius 1 is 0.844 bits per heavy atom. The fourth-order valence-electron chi connectivity index (χ4n) is 3.73. The number of aromatic nitrogens is 3. The molecule has 0 spiro atoms. The summed E-state index contributed by atoms with van der Waals surface area (Å²) in [4.78, 5) is 5.63. The van der Waals surface area contributed by atoms with Crippen LogP contribution in [0.2, 0.25) is 0 Å². The highest BCUT2D eigenvalue weighted by Crippen LogP contribution is 2.36. The highest BCUT2D eigenvalue weighted by molar-refractivity contribution is 6.24. The molecule has 32 heavy (non-hydrogen) atoms. The molecule has 1 atom stereocenters. The standard InChI is InChI=1S/C25H22N4O3/c30-19(17-31-20-8-2-1-3-9-20)15-29-14-18(26-28-29)16-32-27-25-23-12-6-4-10-21(23)22-11-5-7-13-24(22)25/h1-14,19,30H,15-17H2. The van der Waals surface area contributed by atoms with E-state index in [1.54, 1.807) is 10.9 Å². The molecule has 1 aromatic heterocycles. The minimum absolute atomic E-state index is 0.169. The summed E-state index contributed by atoms with van der Waals surface area (Å²) in [6.45, 7) is 0.627. The molecule has 1 aliphatic rings. The first-order chi connectivity index (χ1) is 15.8. The lowest BCUT2D eigenvalue weighted by atomic mass is 10.1. The van der Waals surface area contributed by atoms with E-state index < -0.39 is 6.10 Å². The zero-order valence-corrected chi connectivity index (χ0v) is 17.3. The van der Waals surface area contributed by atoms with Crippen molar-refractivity contribution in [1.82, 2.24) is 15.0 Å². The third-order valence-electron chi connectivity index (χ3n) is 5.19. The Morgan fingerprint density at radius 2 is 1.47 bits per heavy atom. The van der Waals surface area contributed by atoms with E-state index >= 15 is 0 Å². The molecule has 0 amide bonds. The summed E-state index contributed by atoms with van der Waals surface area (Å²) < 4.78 is 7.15. The van der Waals surface area contributed by atoms with Gasteiger partial charge >= 0.3 is 0 Å². The van der Waals surface area contributed by atoms with Gasteiger partial charge in [0.25, 0.3) is 0 Å². The lowest BCUT2D eigenvalue weighted by Crippen LogP contribution is -2.23. The van der Waals surface area contributed by atoms with E-state index in [1.807, 2.05) is 66.7 Å². The first-order valence-electron chi connectivity index (χ1n) is 10.4. The van der Waals surface area contributed by atoms with Gasteiger partial charge < -0.3 is 14.7 Å². The molecule has 1 unspecified atom stereocenters. The molecule has 0 fully saturated rings. The van der Waals surface area contributed by atoms with Gasteiger partial charge in [-0.15, -0.1) is 5.10 Å². The summed E-state index contributed by atoms with van der Waals surface area (Å²) in [5, 5.41) is 22.8. The molecule has 4 aromatic rings. The molecule has 0 radical (unpaired) electrons. The molecule has 7 nitrogen and oxygen atoms in total. The van der Waals surface area contributed by atoms with E-state index in [0.717, 1.165) is 28.0 Å². The van der Waals surface area contributed by atoms with Crippen molar-refractivity contribution in [3.05, 3.63) is 102 Å². The number of hydrogen-bond acceptors (Lipinski definition) is 6. The first-order valence-corrected chi connectivity index (χ1v) is 10.4. The Bertz CT molecular complexity index is 1190. The lowest BCUT2D eigenvalue weighted by molar-refractivity contribution is 0.0887. The SMILES string of the molecule is OC(COc1ccccc1)Cn1cc(CON=C2c3ccccc3-c3ccccc32)nn1. The van der Waals surface area contributed by atoms with Gasteiger partial charge in [-0.25, -0.2) is 4.68 Å². The van der Waals surface area contributed by atoms with Crippen molar-refractivity contribution in [2.24, 2.45) is 5.16 Å². The smallest absolute Gasteiger partial charge is 0.162 e. The zero-order chi connectivity index (χ0) is 21.8. The number of fused-ring (bicyclic) bond motifs is 3. The fraction of sp³-hybridized carbons (Fsp3) is 0.160. The number of oxime groups is 1. The van der Waals surface area contributed by atoms with Crippen LogP contribution in [0.1, 0.15) is 16.8 Å². The van der Waals surface area contributed by atoms with Gasteiger partial charge in [0.1, 0.15) is 29.9 Å². The minimum atomic E-state index is -0.711. The summed E-state index contributed by atoms with van der Waals surface area (Å²) in [6.07, 6.45) is 1.03. The number of aliphatic hydroxyl groups excluding tert-OH is 1. The van der Waals surface area contributed by atoms with Crippen molar-refractivity contribution in [2.45, 2.75) is 19.3 Å². The summed E-state index contributed by atoms with van der Waals surface area (Å²) in [5.74, 6) is 0.716. The Kier molecular flexibility index (Phi) is 5.63. The number of rotatable bonds is 8. The van der Waals surface area contributed by atoms with Gasteiger partial charge in [0.05, 0.1) is 12.7 Å². The first kappa shape index (κ1) is 20.0. The van der Waals surface area contributed by atoms with Gasteiger partial charge in [-0.1, -0.05) is 77.1 Å². The van der Waals surface area contributed by atoms with Gasteiger partial charge in [-0.05, 0) is 23.3 Å². The average molecular weight is 426 g/mol. The largest absolute Gasteiger partial charge is 0.491 e. The highest BCUT2D eigenvalue weighted by Gasteiger charge is 2.24. The fourth-order valence-corrected chi connectivity index (χ4v) is 3.73. The molecule has 1 heterocycles. The van der Waals surface area contributed by atoms with Crippen LogP contribution in [0.4, 0.5) is 0 Å². The molecule has 0 saturated heterocycles. The Hall–Kier alpha value is -3.97. The second-order valence-corrected chi connectivity index (χ2v) is 7.51. The summed E-state index contributed by atoms with van der Waals surface area (Å²) in [7, 11) is 0. The highest BCUT2D eigenvalue weighted by atomic mass is 16.6.